The number of rotatable bonds is 5. The number of amides is 1. The summed E-state index contributed by atoms with van der Waals surface area (Å²) >= 11 is 0. The average molecular weight is 359 g/mol. The third-order valence-corrected chi connectivity index (χ3v) is 5.50. The maximum Gasteiger partial charge on any atom is 0.303 e. The first-order valence-corrected chi connectivity index (χ1v) is 9.89. The third kappa shape index (κ3) is 4.74. The molecule has 0 bridgehead atoms. The number of pyridine rings is 1. The highest BCUT2D eigenvalue weighted by molar-refractivity contribution is 5.94. The Morgan fingerprint density at radius 3 is 2.42 bits per heavy atom. The van der Waals surface area contributed by atoms with Gasteiger partial charge in [0.15, 0.2) is 0 Å². The molecule has 2 saturated heterocycles. The summed E-state index contributed by atoms with van der Waals surface area (Å²) in [4.78, 5) is 32.5. The molecule has 1 amide bonds. The Balaban J connectivity index is 1.66. The van der Waals surface area contributed by atoms with Crippen molar-refractivity contribution in [1.29, 1.82) is 0 Å². The molecule has 26 heavy (non-hydrogen) atoms. The molecule has 2 fully saturated rings. The lowest BCUT2D eigenvalue weighted by Gasteiger charge is -2.35. The van der Waals surface area contributed by atoms with Gasteiger partial charge in [-0.1, -0.05) is 12.8 Å². The molecule has 3 rings (SSSR count). The number of hydrogen-bond acceptors (Lipinski definition) is 4. The zero-order chi connectivity index (χ0) is 18.4. The van der Waals surface area contributed by atoms with E-state index in [-0.39, 0.29) is 18.4 Å². The molecule has 142 valence electrons. The molecule has 2 aliphatic rings. The Hall–Kier alpha value is -2.11. The van der Waals surface area contributed by atoms with Crippen LogP contribution in [-0.2, 0) is 4.79 Å². The topological polar surface area (TPSA) is 73.7 Å². The zero-order valence-electron chi connectivity index (χ0n) is 15.4. The lowest BCUT2D eigenvalue weighted by atomic mass is 9.97. The van der Waals surface area contributed by atoms with Crippen molar-refractivity contribution in [3.05, 3.63) is 23.9 Å². The highest BCUT2D eigenvalue weighted by Crippen LogP contribution is 2.24. The predicted molar refractivity (Wildman–Crippen MR) is 100 cm³/mol. The van der Waals surface area contributed by atoms with Gasteiger partial charge in [0.2, 0.25) is 0 Å². The smallest absolute Gasteiger partial charge is 0.303 e. The minimum Gasteiger partial charge on any atom is -0.481 e. The van der Waals surface area contributed by atoms with E-state index in [0.717, 1.165) is 38.2 Å². The van der Waals surface area contributed by atoms with Crippen LogP contribution in [0.25, 0.3) is 0 Å². The maximum absolute atomic E-state index is 12.9. The summed E-state index contributed by atoms with van der Waals surface area (Å²) in [5, 5.41) is 8.94. The maximum atomic E-state index is 12.9. The van der Waals surface area contributed by atoms with Crippen LogP contribution in [0.2, 0.25) is 0 Å². The number of aromatic nitrogens is 1. The molecule has 1 aromatic heterocycles. The molecular weight excluding hydrogens is 330 g/mol. The number of likely N-dealkylation sites (tertiary alicyclic amines) is 1. The van der Waals surface area contributed by atoms with Crippen molar-refractivity contribution in [3.8, 4) is 0 Å². The van der Waals surface area contributed by atoms with Gasteiger partial charge in [-0.3, -0.25) is 9.59 Å². The summed E-state index contributed by atoms with van der Waals surface area (Å²) < 4.78 is 0. The Kier molecular flexibility index (Phi) is 6.47. The highest BCUT2D eigenvalue weighted by atomic mass is 16.4. The van der Waals surface area contributed by atoms with E-state index < -0.39 is 5.97 Å². The van der Waals surface area contributed by atoms with Crippen molar-refractivity contribution in [3.63, 3.8) is 0 Å². The fraction of sp³-hybridized carbons (Fsp3) is 0.650. The van der Waals surface area contributed by atoms with Crippen LogP contribution in [0.5, 0.6) is 0 Å². The fourth-order valence-electron chi connectivity index (χ4n) is 4.02. The first-order chi connectivity index (χ1) is 12.6. The molecule has 0 aromatic carbocycles. The minimum absolute atomic E-state index is 0.0185. The summed E-state index contributed by atoms with van der Waals surface area (Å²) in [6, 6.07) is 3.85. The van der Waals surface area contributed by atoms with Gasteiger partial charge in [0, 0.05) is 38.3 Å². The van der Waals surface area contributed by atoms with E-state index in [2.05, 4.69) is 9.88 Å². The lowest BCUT2D eigenvalue weighted by molar-refractivity contribution is -0.137. The van der Waals surface area contributed by atoms with E-state index >= 15 is 0 Å². The second kappa shape index (κ2) is 9.01. The van der Waals surface area contributed by atoms with Gasteiger partial charge >= 0.3 is 5.97 Å². The Labute approximate surface area is 155 Å². The molecule has 1 N–H and O–H groups in total. The molecule has 2 aliphatic heterocycles. The normalized spacial score (nSPS) is 21.3. The van der Waals surface area contributed by atoms with Gasteiger partial charge in [-0.15, -0.1) is 0 Å². The first-order valence-electron chi connectivity index (χ1n) is 9.89. The van der Waals surface area contributed by atoms with Crippen LogP contribution in [0.3, 0.4) is 0 Å². The molecule has 6 heteroatoms. The van der Waals surface area contributed by atoms with Crippen LogP contribution in [0.4, 0.5) is 5.82 Å². The molecule has 1 unspecified atom stereocenters. The molecule has 1 aromatic rings. The van der Waals surface area contributed by atoms with Crippen molar-refractivity contribution in [2.45, 2.75) is 63.8 Å². The number of carboxylic acid groups (broad SMARTS) is 1. The van der Waals surface area contributed by atoms with Gasteiger partial charge in [0.05, 0.1) is 5.56 Å². The minimum atomic E-state index is -0.800. The number of piperidine rings is 1. The van der Waals surface area contributed by atoms with E-state index in [1.807, 2.05) is 17.0 Å². The SMILES string of the molecule is O=C(O)CCC1CCCCN1C(=O)c1ccc(N2CCCCCC2)nc1. The van der Waals surface area contributed by atoms with Crippen LogP contribution >= 0.6 is 0 Å². The second-order valence-electron chi connectivity index (χ2n) is 7.39. The van der Waals surface area contributed by atoms with E-state index in [1.54, 1.807) is 6.20 Å². The molecule has 0 spiro atoms. The van der Waals surface area contributed by atoms with E-state index in [1.165, 1.54) is 25.7 Å². The van der Waals surface area contributed by atoms with Gasteiger partial charge in [0.25, 0.3) is 5.91 Å². The van der Waals surface area contributed by atoms with Gasteiger partial charge < -0.3 is 14.9 Å². The number of nitrogens with zero attached hydrogens (tertiary/aromatic N) is 3. The number of anilines is 1. The van der Waals surface area contributed by atoms with Crippen molar-refractivity contribution in [2.24, 2.45) is 0 Å². The highest BCUT2D eigenvalue weighted by Gasteiger charge is 2.28. The summed E-state index contributed by atoms with van der Waals surface area (Å²) in [7, 11) is 0. The monoisotopic (exact) mass is 359 g/mol. The van der Waals surface area contributed by atoms with Crippen molar-refractivity contribution in [1.82, 2.24) is 9.88 Å². The number of hydrogen-bond donors (Lipinski definition) is 1. The summed E-state index contributed by atoms with van der Waals surface area (Å²) in [5.41, 5.74) is 0.603. The van der Waals surface area contributed by atoms with Crippen molar-refractivity contribution in [2.75, 3.05) is 24.5 Å². The number of carbonyl (C=O) groups excluding carboxylic acids is 1. The van der Waals surface area contributed by atoms with Crippen LogP contribution in [0, 0.1) is 0 Å². The van der Waals surface area contributed by atoms with Gasteiger partial charge in [-0.25, -0.2) is 4.98 Å². The zero-order valence-corrected chi connectivity index (χ0v) is 15.4. The molecule has 0 radical (unpaired) electrons. The largest absolute Gasteiger partial charge is 0.481 e. The Morgan fingerprint density at radius 1 is 1.04 bits per heavy atom. The molecular formula is C20H29N3O3. The standard InChI is InChI=1S/C20H29N3O3/c24-19(25)11-9-17-7-3-6-14-23(17)20(26)16-8-10-18(21-15-16)22-12-4-1-2-5-13-22/h8,10,15,17H,1-7,9,11-14H2,(H,24,25). The third-order valence-electron chi connectivity index (χ3n) is 5.50. The van der Waals surface area contributed by atoms with Crippen LogP contribution in [0.15, 0.2) is 18.3 Å². The summed E-state index contributed by atoms with van der Waals surface area (Å²) in [6.07, 6.45) is 10.2. The number of aliphatic carboxylic acids is 1. The summed E-state index contributed by atoms with van der Waals surface area (Å²) in [5.74, 6) is 0.131. The molecule has 1 atom stereocenters. The van der Waals surface area contributed by atoms with Crippen molar-refractivity contribution >= 4 is 17.7 Å². The van der Waals surface area contributed by atoms with Crippen LogP contribution < -0.4 is 4.90 Å². The second-order valence-corrected chi connectivity index (χ2v) is 7.39. The molecule has 6 nitrogen and oxygen atoms in total. The van der Waals surface area contributed by atoms with Gasteiger partial charge in [-0.05, 0) is 50.7 Å². The molecule has 0 aliphatic carbocycles. The van der Waals surface area contributed by atoms with E-state index in [9.17, 15) is 9.59 Å². The quantitative estimate of drug-likeness (QED) is 0.873. The summed E-state index contributed by atoms with van der Waals surface area (Å²) in [6.45, 7) is 2.77. The molecule has 0 saturated carbocycles. The molecule has 3 heterocycles. The Morgan fingerprint density at radius 2 is 1.77 bits per heavy atom. The fourth-order valence-corrected chi connectivity index (χ4v) is 4.02. The van der Waals surface area contributed by atoms with Gasteiger partial charge in [0.1, 0.15) is 5.82 Å². The number of carbonyl (C=O) groups is 2. The Bertz CT molecular complexity index is 609. The van der Waals surface area contributed by atoms with E-state index in [4.69, 9.17) is 5.11 Å². The van der Waals surface area contributed by atoms with Crippen LogP contribution in [0.1, 0.15) is 68.1 Å². The van der Waals surface area contributed by atoms with Gasteiger partial charge in [-0.2, -0.15) is 0 Å². The average Bonchev–Trinajstić information content (AvgIpc) is 2.96. The number of carboxylic acids is 1. The predicted octanol–water partition coefficient (Wildman–Crippen LogP) is 3.32. The van der Waals surface area contributed by atoms with E-state index in [0.29, 0.717) is 18.5 Å². The first kappa shape index (κ1) is 18.7. The van der Waals surface area contributed by atoms with Crippen molar-refractivity contribution < 1.29 is 14.7 Å². The van der Waals surface area contributed by atoms with Crippen LogP contribution in [-0.4, -0.2) is 52.5 Å². The lowest BCUT2D eigenvalue weighted by Crippen LogP contribution is -2.44.